The van der Waals surface area contributed by atoms with Gasteiger partial charge in [-0.25, -0.2) is 4.79 Å². The minimum atomic E-state index is -1.63. The Morgan fingerprint density at radius 2 is 1.55 bits per heavy atom. The fourth-order valence-electron chi connectivity index (χ4n) is 7.44. The molecule has 62 heavy (non-hydrogen) atoms. The van der Waals surface area contributed by atoms with Crippen LogP contribution in [0.4, 0.5) is 4.79 Å². The largest absolute Gasteiger partial charge is 0.491 e. The first kappa shape index (κ1) is 48.1. The number of fused-ring (bicyclic) bond motifs is 3. The molecule has 0 aliphatic heterocycles. The van der Waals surface area contributed by atoms with Crippen molar-refractivity contribution in [1.29, 1.82) is 0 Å². The lowest BCUT2D eigenvalue weighted by Crippen LogP contribution is -2.67. The number of aryl methyl sites for hydroxylation is 1. The van der Waals surface area contributed by atoms with Crippen molar-refractivity contribution in [1.82, 2.24) is 20.5 Å². The first-order valence-electron chi connectivity index (χ1n) is 20.7. The van der Waals surface area contributed by atoms with Crippen LogP contribution in [0.5, 0.6) is 5.75 Å². The number of amides is 4. The van der Waals surface area contributed by atoms with Crippen molar-refractivity contribution in [2.45, 2.75) is 70.1 Å². The fraction of sp³-hybridized carbons (Fsp3) is 0.467. The van der Waals surface area contributed by atoms with Crippen LogP contribution in [0.15, 0.2) is 66.7 Å². The van der Waals surface area contributed by atoms with Gasteiger partial charge in [0.05, 0.1) is 56.8 Å². The number of methoxy groups -OCH3 is 1. The summed E-state index contributed by atoms with van der Waals surface area (Å²) in [5, 5.41) is 18.0. The molecule has 1 aliphatic rings. The number of nitrogens with one attached hydrogen (secondary N) is 3. The molecule has 0 bridgehead atoms. The van der Waals surface area contributed by atoms with Crippen molar-refractivity contribution in [3.05, 3.63) is 99.2 Å². The molecule has 0 radical (unpaired) electrons. The van der Waals surface area contributed by atoms with Gasteiger partial charge < -0.3 is 50.1 Å². The standard InChI is InChI=1S/C45H57Cl2N5O10/c1-4-29(2)39(41(48)53)50-43(55)45(15-14-37-35(27-45)34-25-32(46)26-36(47)40(34)49-37)51-42(54)38(52(44(56)57)28-31-8-6-5-7-9-31)24-30-10-12-33(13-11-30)62-23-22-61-21-20-60-19-18-59-17-16-58-3/h5-13,25-26,29,38-39,49H,4,14-24,27-28H2,1-3H3,(H2,48,53)(H,50,55)(H,51,54)(H,56,57)/t29-,38-,39?,45+/m0/s1. The predicted octanol–water partition coefficient (Wildman–Crippen LogP) is 5.70. The van der Waals surface area contributed by atoms with Gasteiger partial charge in [0.1, 0.15) is 30.0 Å². The number of benzene rings is 3. The zero-order valence-corrected chi connectivity index (χ0v) is 36.9. The van der Waals surface area contributed by atoms with Crippen LogP contribution in [0, 0.1) is 5.92 Å². The van der Waals surface area contributed by atoms with E-state index in [1.807, 2.05) is 13.0 Å². The van der Waals surface area contributed by atoms with Gasteiger partial charge in [0, 0.05) is 42.6 Å². The molecule has 5 rings (SSSR count). The van der Waals surface area contributed by atoms with Crippen molar-refractivity contribution in [2.24, 2.45) is 11.7 Å². The topological polar surface area (TPSA) is 204 Å². The zero-order chi connectivity index (χ0) is 44.6. The van der Waals surface area contributed by atoms with E-state index in [4.69, 9.17) is 52.6 Å². The summed E-state index contributed by atoms with van der Waals surface area (Å²) in [5.74, 6) is -1.78. The highest BCUT2D eigenvalue weighted by Crippen LogP contribution is 2.38. The predicted molar refractivity (Wildman–Crippen MR) is 236 cm³/mol. The molecule has 17 heteroatoms. The molecule has 4 aromatic rings. The molecule has 4 atom stereocenters. The summed E-state index contributed by atoms with van der Waals surface area (Å²) in [4.78, 5) is 59.8. The molecule has 3 aromatic carbocycles. The third-order valence-electron chi connectivity index (χ3n) is 11.0. The number of rotatable bonds is 25. The fourth-order valence-corrected chi connectivity index (χ4v) is 7.98. The van der Waals surface area contributed by atoms with E-state index in [9.17, 15) is 24.3 Å². The van der Waals surface area contributed by atoms with Crippen LogP contribution in [-0.4, -0.2) is 116 Å². The molecule has 1 unspecified atom stereocenters. The quantitative estimate of drug-likeness (QED) is 0.0514. The molecule has 1 aromatic heterocycles. The monoisotopic (exact) mass is 897 g/mol. The van der Waals surface area contributed by atoms with Gasteiger partial charge in [0.25, 0.3) is 0 Å². The first-order valence-corrected chi connectivity index (χ1v) is 21.5. The molecular formula is C45H57Cl2N5O10. The second-order valence-electron chi connectivity index (χ2n) is 15.3. The van der Waals surface area contributed by atoms with Crippen LogP contribution in [0.25, 0.3) is 10.9 Å². The number of carbonyl (C=O) groups is 4. The maximum Gasteiger partial charge on any atom is 0.408 e. The Labute approximate surface area is 371 Å². The Kier molecular flexibility index (Phi) is 18.3. The summed E-state index contributed by atoms with van der Waals surface area (Å²) in [7, 11) is 1.62. The molecule has 0 spiro atoms. The lowest BCUT2D eigenvalue weighted by molar-refractivity contribution is -0.138. The number of carboxylic acid groups (broad SMARTS) is 1. The van der Waals surface area contributed by atoms with Crippen LogP contribution in [0.1, 0.15) is 49.1 Å². The van der Waals surface area contributed by atoms with E-state index < -0.39 is 41.4 Å². The molecule has 0 fully saturated rings. The number of nitrogens with zero attached hydrogens (tertiary/aromatic N) is 1. The molecule has 336 valence electrons. The highest BCUT2D eigenvalue weighted by atomic mass is 35.5. The maximum atomic E-state index is 14.9. The summed E-state index contributed by atoms with van der Waals surface area (Å²) in [6, 6.07) is 17.0. The third kappa shape index (κ3) is 13.1. The number of hydrogen-bond donors (Lipinski definition) is 5. The van der Waals surface area contributed by atoms with Crippen LogP contribution in [0.3, 0.4) is 0 Å². The number of ether oxygens (including phenoxy) is 5. The summed E-state index contributed by atoms with van der Waals surface area (Å²) in [6.45, 7) is 6.98. The Bertz CT molecular complexity index is 2100. The van der Waals surface area contributed by atoms with Crippen LogP contribution in [0.2, 0.25) is 10.0 Å². The lowest BCUT2D eigenvalue weighted by Gasteiger charge is -2.40. The second-order valence-corrected chi connectivity index (χ2v) is 16.2. The number of aromatic amines is 1. The van der Waals surface area contributed by atoms with Crippen molar-refractivity contribution in [3.8, 4) is 5.75 Å². The van der Waals surface area contributed by atoms with E-state index in [-0.39, 0.29) is 38.3 Å². The Morgan fingerprint density at radius 3 is 2.16 bits per heavy atom. The summed E-state index contributed by atoms with van der Waals surface area (Å²) >= 11 is 13.0. The smallest absolute Gasteiger partial charge is 0.408 e. The number of carbonyl (C=O) groups excluding carboxylic acids is 3. The van der Waals surface area contributed by atoms with Crippen molar-refractivity contribution >= 4 is 57.9 Å². The first-order chi connectivity index (χ1) is 29.8. The molecule has 0 saturated heterocycles. The summed E-state index contributed by atoms with van der Waals surface area (Å²) in [6.07, 6.45) is -0.387. The van der Waals surface area contributed by atoms with E-state index >= 15 is 0 Å². The highest BCUT2D eigenvalue weighted by Gasteiger charge is 2.47. The molecule has 4 amide bonds. The van der Waals surface area contributed by atoms with Gasteiger partial charge in [-0.2, -0.15) is 0 Å². The third-order valence-corrected chi connectivity index (χ3v) is 11.6. The SMILES string of the molecule is CC[C@H](C)C(NC(=O)[C@@]1(NC(=O)[C@H](Cc2ccc(OCCOCCOCCOCCOC)cc2)N(Cc2ccccc2)C(=O)O)CCc2[nH]c3c(Cl)cc(Cl)cc3c2C1)C(N)=O. The number of H-pyrrole nitrogens is 1. The maximum absolute atomic E-state index is 14.9. The number of halogens is 2. The minimum Gasteiger partial charge on any atom is -0.491 e. The Morgan fingerprint density at radius 1 is 0.903 bits per heavy atom. The number of primary amides is 1. The average Bonchev–Trinajstić information content (AvgIpc) is 3.62. The minimum absolute atomic E-state index is 0.00586. The second kappa shape index (κ2) is 23.5. The lowest BCUT2D eigenvalue weighted by atomic mass is 9.78. The number of hydrogen-bond acceptors (Lipinski definition) is 9. The van der Waals surface area contributed by atoms with Crippen LogP contribution >= 0.6 is 23.2 Å². The van der Waals surface area contributed by atoms with Gasteiger partial charge in [-0.3, -0.25) is 19.3 Å². The summed E-state index contributed by atoms with van der Waals surface area (Å²) in [5.41, 5.74) is 7.65. The molecule has 6 N–H and O–H groups in total. The number of nitrogens with two attached hydrogens (primary N) is 1. The van der Waals surface area contributed by atoms with Crippen molar-refractivity contribution in [2.75, 3.05) is 60.0 Å². The van der Waals surface area contributed by atoms with Gasteiger partial charge in [0.15, 0.2) is 0 Å². The van der Waals surface area contributed by atoms with Gasteiger partial charge in [-0.05, 0) is 59.7 Å². The molecule has 1 heterocycles. The van der Waals surface area contributed by atoms with Crippen LogP contribution < -0.4 is 21.1 Å². The zero-order valence-electron chi connectivity index (χ0n) is 35.4. The van der Waals surface area contributed by atoms with E-state index in [1.165, 1.54) is 0 Å². The Balaban J connectivity index is 1.36. The Hall–Kier alpha value is -4.90. The van der Waals surface area contributed by atoms with Gasteiger partial charge >= 0.3 is 6.09 Å². The van der Waals surface area contributed by atoms with E-state index in [0.29, 0.717) is 96.9 Å². The van der Waals surface area contributed by atoms with Gasteiger partial charge in [-0.1, -0.05) is 85.9 Å². The highest BCUT2D eigenvalue weighted by molar-refractivity contribution is 6.38. The molecule has 0 saturated carbocycles. The van der Waals surface area contributed by atoms with Crippen molar-refractivity contribution < 1.29 is 48.0 Å². The van der Waals surface area contributed by atoms with E-state index in [1.54, 1.807) is 74.7 Å². The van der Waals surface area contributed by atoms with E-state index in [2.05, 4.69) is 15.6 Å². The molecule has 1 aliphatic carbocycles. The molecular weight excluding hydrogens is 841 g/mol. The van der Waals surface area contributed by atoms with E-state index in [0.717, 1.165) is 16.2 Å². The van der Waals surface area contributed by atoms with Gasteiger partial charge in [-0.15, -0.1) is 0 Å². The van der Waals surface area contributed by atoms with Gasteiger partial charge in [0.2, 0.25) is 17.7 Å². The summed E-state index contributed by atoms with van der Waals surface area (Å²) < 4.78 is 27.2. The van der Waals surface area contributed by atoms with Crippen LogP contribution in [-0.2, 0) is 59.1 Å². The number of aromatic nitrogens is 1. The average molecular weight is 899 g/mol. The normalized spacial score (nSPS) is 16.2. The van der Waals surface area contributed by atoms with Crippen molar-refractivity contribution in [3.63, 3.8) is 0 Å². The molecule has 15 nitrogen and oxygen atoms in total.